The van der Waals surface area contributed by atoms with Gasteiger partial charge >= 0.3 is 11.9 Å². The number of para-hydroxylation sites is 1. The fourth-order valence-electron chi connectivity index (χ4n) is 2.10. The van der Waals surface area contributed by atoms with Gasteiger partial charge in [0.2, 0.25) is 0 Å². The van der Waals surface area contributed by atoms with Crippen molar-refractivity contribution in [2.45, 2.75) is 24.9 Å². The third-order valence-electron chi connectivity index (χ3n) is 3.22. The maximum atomic E-state index is 11.5. The Morgan fingerprint density at radius 1 is 1.19 bits per heavy atom. The molecule has 0 heterocycles. The number of phenolic OH excluding ortho intramolecular Hbond substituents is 1. The second kappa shape index (κ2) is 7.81. The van der Waals surface area contributed by atoms with Gasteiger partial charge in [-0.05, 0) is 24.5 Å². The minimum absolute atomic E-state index is 0.0897. The van der Waals surface area contributed by atoms with Crippen molar-refractivity contribution in [1.82, 2.24) is 0 Å². The highest BCUT2D eigenvalue weighted by Crippen LogP contribution is 2.36. The Morgan fingerprint density at radius 3 is 2.29 bits per heavy atom. The van der Waals surface area contributed by atoms with Gasteiger partial charge in [0.05, 0.1) is 11.6 Å². The maximum absolute atomic E-state index is 11.5. The number of phenols is 1. The highest BCUT2D eigenvalue weighted by atomic mass is 31.1. The largest absolute Gasteiger partial charge is 0.508 e. The number of hydrogen-bond acceptors (Lipinski definition) is 4. The minimum Gasteiger partial charge on any atom is -0.508 e. The first kappa shape index (κ1) is 17.2. The summed E-state index contributed by atoms with van der Waals surface area (Å²) in [6.07, 6.45) is -0.735. The van der Waals surface area contributed by atoms with Gasteiger partial charge in [-0.15, -0.1) is 0 Å². The fourth-order valence-corrected chi connectivity index (χ4v) is 3.15. The van der Waals surface area contributed by atoms with Crippen LogP contribution in [0.25, 0.3) is 0 Å². The van der Waals surface area contributed by atoms with E-state index < -0.39 is 38.0 Å². The van der Waals surface area contributed by atoms with E-state index >= 15 is 0 Å². The molecule has 0 aliphatic rings. The van der Waals surface area contributed by atoms with Crippen LogP contribution >= 0.6 is 8.03 Å². The summed E-state index contributed by atoms with van der Waals surface area (Å²) in [7, 11) is -3.21. The first-order valence-corrected chi connectivity index (χ1v) is 7.70. The van der Waals surface area contributed by atoms with Gasteiger partial charge in [0, 0.05) is 6.42 Å². The number of aromatic hydroxyl groups is 1. The Labute approximate surface area is 121 Å². The molecule has 1 aromatic rings. The van der Waals surface area contributed by atoms with Crippen molar-refractivity contribution in [3.63, 3.8) is 0 Å². The second-order valence-corrected chi connectivity index (χ2v) is 6.07. The monoisotopic (exact) mass is 316 g/mol. The van der Waals surface area contributed by atoms with E-state index in [9.17, 15) is 24.2 Å². The van der Waals surface area contributed by atoms with Gasteiger partial charge in [0.15, 0.2) is 8.03 Å². The van der Waals surface area contributed by atoms with Crippen LogP contribution in [-0.2, 0) is 20.6 Å². The number of rotatable bonds is 8. The zero-order valence-electron chi connectivity index (χ0n) is 11.1. The smallest absolute Gasteiger partial charge is 0.307 e. The molecule has 0 saturated carbocycles. The fraction of sp³-hybridized carbons (Fsp3) is 0.385. The molecule has 1 aromatic carbocycles. The predicted molar refractivity (Wildman–Crippen MR) is 74.8 cm³/mol. The third kappa shape index (κ3) is 5.21. The molecule has 1 rings (SSSR count). The van der Waals surface area contributed by atoms with Crippen molar-refractivity contribution >= 4 is 20.0 Å². The Bertz CT molecular complexity index is 543. The molecule has 4 N–H and O–H groups in total. The first-order chi connectivity index (χ1) is 9.82. The lowest BCUT2D eigenvalue weighted by Gasteiger charge is -2.21. The zero-order valence-corrected chi connectivity index (χ0v) is 12.1. The lowest BCUT2D eigenvalue weighted by molar-refractivity contribution is -0.143. The van der Waals surface area contributed by atoms with E-state index in [4.69, 9.17) is 10.2 Å². The number of benzene rings is 1. The molecule has 0 amide bonds. The lowest BCUT2D eigenvalue weighted by Crippen LogP contribution is -2.28. The van der Waals surface area contributed by atoms with E-state index in [1.54, 1.807) is 12.1 Å². The van der Waals surface area contributed by atoms with Crippen LogP contribution in [0.5, 0.6) is 5.75 Å². The van der Waals surface area contributed by atoms with Crippen LogP contribution in [0.4, 0.5) is 0 Å². The van der Waals surface area contributed by atoms with E-state index in [0.717, 1.165) is 0 Å². The van der Waals surface area contributed by atoms with E-state index in [1.165, 1.54) is 12.1 Å². The molecule has 7 nitrogen and oxygen atoms in total. The summed E-state index contributed by atoms with van der Waals surface area (Å²) >= 11 is 0. The van der Waals surface area contributed by atoms with Crippen molar-refractivity contribution in [3.8, 4) is 5.75 Å². The number of hydrogen-bond donors (Lipinski definition) is 4. The lowest BCUT2D eigenvalue weighted by atomic mass is 9.94. The van der Waals surface area contributed by atoms with Crippen molar-refractivity contribution in [3.05, 3.63) is 29.8 Å². The average Bonchev–Trinajstić information content (AvgIpc) is 2.38. The first-order valence-electron chi connectivity index (χ1n) is 6.27. The highest BCUT2D eigenvalue weighted by Gasteiger charge is 2.32. The summed E-state index contributed by atoms with van der Waals surface area (Å²) in [6, 6.07) is 6.12. The van der Waals surface area contributed by atoms with Gasteiger partial charge < -0.3 is 20.2 Å². The number of aliphatic carboxylic acids is 2. The predicted octanol–water partition coefficient (Wildman–Crippen LogP) is 1.34. The molecule has 0 spiro atoms. The van der Waals surface area contributed by atoms with Crippen molar-refractivity contribution < 1.29 is 34.4 Å². The molecule has 21 heavy (non-hydrogen) atoms. The van der Waals surface area contributed by atoms with Gasteiger partial charge in [0.1, 0.15) is 5.75 Å². The Hall–Kier alpha value is -1.85. The molecular weight excluding hydrogens is 299 g/mol. The van der Waals surface area contributed by atoms with Crippen molar-refractivity contribution in [2.24, 2.45) is 5.92 Å². The summed E-state index contributed by atoms with van der Waals surface area (Å²) in [5.74, 6) is -3.82. The second-order valence-electron chi connectivity index (χ2n) is 4.65. The van der Waals surface area contributed by atoms with Crippen LogP contribution in [0.2, 0.25) is 0 Å². The molecular formula is C13H17O7P. The number of carboxylic acids is 2. The molecule has 0 radical (unpaired) electrons. The Balaban J connectivity index is 2.97. The van der Waals surface area contributed by atoms with Gasteiger partial charge in [-0.2, -0.15) is 0 Å². The molecule has 0 aliphatic carbocycles. The molecule has 116 valence electrons. The van der Waals surface area contributed by atoms with Crippen molar-refractivity contribution in [1.29, 1.82) is 0 Å². The van der Waals surface area contributed by atoms with Crippen LogP contribution in [0.1, 0.15) is 18.4 Å². The maximum Gasteiger partial charge on any atom is 0.307 e. The molecule has 0 aromatic heterocycles. The van der Waals surface area contributed by atoms with E-state index in [-0.39, 0.29) is 18.6 Å². The van der Waals surface area contributed by atoms with Crippen LogP contribution in [0.15, 0.2) is 24.3 Å². The van der Waals surface area contributed by atoms with Crippen LogP contribution < -0.4 is 0 Å². The summed E-state index contributed by atoms with van der Waals surface area (Å²) in [6.45, 7) is 0. The highest BCUT2D eigenvalue weighted by molar-refractivity contribution is 7.39. The summed E-state index contributed by atoms with van der Waals surface area (Å²) in [5.41, 5.74) is -0.767. The van der Waals surface area contributed by atoms with Crippen LogP contribution in [-0.4, -0.2) is 37.8 Å². The van der Waals surface area contributed by atoms with Crippen LogP contribution in [0.3, 0.4) is 0 Å². The molecule has 0 aliphatic heterocycles. The van der Waals surface area contributed by atoms with E-state index in [0.29, 0.717) is 5.56 Å². The quantitative estimate of drug-likeness (QED) is 0.532. The standard InChI is InChI=1S/C13H17O7P/c14-10-4-2-1-3-8(10)7-11(21(19)20)9(13(17)18)5-6-12(15)16/h1-4,9,11,14,21H,5-7H2,(H,15,16)(H,17,18)(H,19,20). The van der Waals surface area contributed by atoms with Crippen molar-refractivity contribution in [2.75, 3.05) is 0 Å². The third-order valence-corrected chi connectivity index (χ3v) is 4.46. The molecule has 0 fully saturated rings. The van der Waals surface area contributed by atoms with E-state index in [1.807, 2.05) is 0 Å². The molecule has 3 atom stereocenters. The van der Waals surface area contributed by atoms with Gasteiger partial charge in [-0.3, -0.25) is 14.2 Å². The molecule has 0 saturated heterocycles. The Kier molecular flexibility index (Phi) is 6.39. The topological polar surface area (TPSA) is 132 Å². The summed E-state index contributed by atoms with van der Waals surface area (Å²) in [4.78, 5) is 31.2. The van der Waals surface area contributed by atoms with Gasteiger partial charge in [0.25, 0.3) is 0 Å². The number of carboxylic acid groups (broad SMARTS) is 2. The minimum atomic E-state index is -3.21. The number of carbonyl (C=O) groups is 2. The average molecular weight is 316 g/mol. The summed E-state index contributed by atoms with van der Waals surface area (Å²) < 4.78 is 11.5. The molecule has 0 bridgehead atoms. The molecule has 3 unspecified atom stereocenters. The SMILES string of the molecule is O=C(O)CCC(C(=O)O)C(Cc1ccccc1O)[PH](=O)O. The zero-order chi connectivity index (χ0) is 16.0. The van der Waals surface area contributed by atoms with Gasteiger partial charge in [-0.25, -0.2) is 0 Å². The van der Waals surface area contributed by atoms with Crippen LogP contribution in [0, 0.1) is 5.92 Å². The van der Waals surface area contributed by atoms with E-state index in [2.05, 4.69) is 0 Å². The summed E-state index contributed by atoms with van der Waals surface area (Å²) in [5, 5.41) is 27.5. The van der Waals surface area contributed by atoms with Gasteiger partial charge in [-0.1, -0.05) is 18.2 Å². The molecule has 8 heteroatoms. The normalized spacial score (nSPS) is 15.1. The Morgan fingerprint density at radius 2 is 1.81 bits per heavy atom.